The summed E-state index contributed by atoms with van der Waals surface area (Å²) in [7, 11) is 0. The lowest BCUT2D eigenvalue weighted by atomic mass is 10.2. The summed E-state index contributed by atoms with van der Waals surface area (Å²) in [4.78, 5) is 12.1. The van der Waals surface area contributed by atoms with E-state index >= 15 is 0 Å². The Morgan fingerprint density at radius 2 is 2.25 bits per heavy atom. The first-order valence-corrected chi connectivity index (χ1v) is 6.25. The molecule has 0 aromatic heterocycles. The Bertz CT molecular complexity index is 396. The van der Waals surface area contributed by atoms with Gasteiger partial charge in [0.05, 0.1) is 23.1 Å². The zero-order chi connectivity index (χ0) is 12.1. The van der Waals surface area contributed by atoms with E-state index in [4.69, 9.17) is 22.1 Å². The number of anilines is 1. The number of halogens is 1. The van der Waals surface area contributed by atoms with Crippen LogP contribution in [0.1, 0.15) is 12.5 Å². The molecule has 0 bridgehead atoms. The van der Waals surface area contributed by atoms with Crippen LogP contribution in [0, 0.1) is 6.92 Å². The molecule has 0 radical (unpaired) electrons. The fraction of sp³-hybridized carbons (Fsp3) is 0.364. The summed E-state index contributed by atoms with van der Waals surface area (Å²) in [5.74, 6) is 0.0643. The van der Waals surface area contributed by atoms with E-state index in [0.29, 0.717) is 17.3 Å². The number of rotatable bonds is 4. The largest absolute Gasteiger partial charge is 0.465 e. The molecule has 0 saturated carbocycles. The molecule has 0 aliphatic carbocycles. The second kappa shape index (κ2) is 6.01. The second-order valence-electron chi connectivity index (χ2n) is 3.23. The molecule has 0 aliphatic rings. The number of carbonyl (C=O) groups excluding carboxylic acids is 1. The average molecular weight is 260 g/mol. The molecular weight excluding hydrogens is 246 g/mol. The quantitative estimate of drug-likeness (QED) is 0.513. The van der Waals surface area contributed by atoms with Gasteiger partial charge >= 0.3 is 5.97 Å². The molecule has 0 atom stereocenters. The van der Waals surface area contributed by atoms with Crippen LogP contribution in [0.5, 0.6) is 0 Å². The third-order valence-corrected chi connectivity index (χ3v) is 3.40. The fourth-order valence-corrected chi connectivity index (χ4v) is 2.25. The molecule has 0 heterocycles. The first-order valence-electron chi connectivity index (χ1n) is 4.88. The van der Waals surface area contributed by atoms with Gasteiger partial charge in [-0.1, -0.05) is 11.6 Å². The van der Waals surface area contributed by atoms with Gasteiger partial charge in [-0.3, -0.25) is 4.79 Å². The van der Waals surface area contributed by atoms with Crippen molar-refractivity contribution in [2.75, 3.05) is 18.1 Å². The first kappa shape index (κ1) is 13.2. The number of hydrogen-bond acceptors (Lipinski definition) is 4. The lowest BCUT2D eigenvalue weighted by Gasteiger charge is -2.07. The van der Waals surface area contributed by atoms with Gasteiger partial charge in [0.15, 0.2) is 0 Å². The van der Waals surface area contributed by atoms with Crippen molar-refractivity contribution >= 4 is 35.0 Å². The van der Waals surface area contributed by atoms with Crippen LogP contribution < -0.4 is 5.73 Å². The predicted molar refractivity (Wildman–Crippen MR) is 68.0 cm³/mol. The Labute approximate surface area is 104 Å². The number of carbonyl (C=O) groups is 1. The van der Waals surface area contributed by atoms with Crippen molar-refractivity contribution in [3.05, 3.63) is 22.7 Å². The fourth-order valence-electron chi connectivity index (χ4n) is 1.18. The minimum Gasteiger partial charge on any atom is -0.465 e. The third-order valence-electron chi connectivity index (χ3n) is 1.95. The van der Waals surface area contributed by atoms with Gasteiger partial charge in [0, 0.05) is 4.90 Å². The molecule has 3 nitrogen and oxygen atoms in total. The maximum Gasteiger partial charge on any atom is 0.316 e. The van der Waals surface area contributed by atoms with E-state index in [-0.39, 0.29) is 11.7 Å². The van der Waals surface area contributed by atoms with E-state index in [1.54, 1.807) is 19.1 Å². The molecular formula is C11H14ClNO2S. The molecule has 0 saturated heterocycles. The highest BCUT2D eigenvalue weighted by Crippen LogP contribution is 2.30. The van der Waals surface area contributed by atoms with Crippen LogP contribution in [0.2, 0.25) is 5.02 Å². The van der Waals surface area contributed by atoms with Crippen LogP contribution in [0.25, 0.3) is 0 Å². The summed E-state index contributed by atoms with van der Waals surface area (Å²) >= 11 is 7.31. The van der Waals surface area contributed by atoms with Crippen LogP contribution in [0.3, 0.4) is 0 Å². The number of benzene rings is 1. The number of ether oxygens (including phenoxy) is 1. The van der Waals surface area contributed by atoms with Gasteiger partial charge in [0.2, 0.25) is 0 Å². The Morgan fingerprint density at radius 1 is 1.56 bits per heavy atom. The SMILES string of the molecule is CCOC(=O)CSc1cc(Cl)c(N)cc1C. The number of thioether (sulfide) groups is 1. The molecule has 1 aromatic rings. The van der Waals surface area contributed by atoms with Gasteiger partial charge in [-0.25, -0.2) is 0 Å². The molecule has 0 spiro atoms. The molecule has 16 heavy (non-hydrogen) atoms. The lowest BCUT2D eigenvalue weighted by molar-refractivity contribution is -0.139. The van der Waals surface area contributed by atoms with Crippen molar-refractivity contribution in [2.45, 2.75) is 18.7 Å². The van der Waals surface area contributed by atoms with E-state index < -0.39 is 0 Å². The normalized spacial score (nSPS) is 10.2. The van der Waals surface area contributed by atoms with Gasteiger partial charge in [-0.15, -0.1) is 11.8 Å². The molecule has 1 rings (SSSR count). The van der Waals surface area contributed by atoms with Crippen molar-refractivity contribution in [1.29, 1.82) is 0 Å². The maximum atomic E-state index is 11.2. The van der Waals surface area contributed by atoms with Crippen molar-refractivity contribution in [2.24, 2.45) is 0 Å². The molecule has 0 fully saturated rings. The number of nitrogens with two attached hydrogens (primary N) is 1. The Hall–Kier alpha value is -0.870. The number of nitrogen functional groups attached to an aromatic ring is 1. The van der Waals surface area contributed by atoms with Gasteiger partial charge in [0.1, 0.15) is 0 Å². The molecule has 2 N–H and O–H groups in total. The van der Waals surface area contributed by atoms with Crippen molar-refractivity contribution in [3.63, 3.8) is 0 Å². The topological polar surface area (TPSA) is 52.3 Å². The van der Waals surface area contributed by atoms with Crippen molar-refractivity contribution < 1.29 is 9.53 Å². The van der Waals surface area contributed by atoms with Gasteiger partial charge in [0.25, 0.3) is 0 Å². The van der Waals surface area contributed by atoms with Gasteiger partial charge < -0.3 is 10.5 Å². The van der Waals surface area contributed by atoms with Crippen LogP contribution >= 0.6 is 23.4 Å². The smallest absolute Gasteiger partial charge is 0.316 e. The molecule has 1 aromatic carbocycles. The van der Waals surface area contributed by atoms with E-state index in [1.807, 2.05) is 6.92 Å². The van der Waals surface area contributed by atoms with E-state index in [0.717, 1.165) is 10.5 Å². The van der Waals surface area contributed by atoms with E-state index in [2.05, 4.69) is 0 Å². The summed E-state index contributed by atoms with van der Waals surface area (Å²) in [6.45, 7) is 4.12. The summed E-state index contributed by atoms with van der Waals surface area (Å²) in [6.07, 6.45) is 0. The van der Waals surface area contributed by atoms with E-state index in [9.17, 15) is 4.79 Å². The monoisotopic (exact) mass is 259 g/mol. The van der Waals surface area contributed by atoms with Crippen molar-refractivity contribution in [1.82, 2.24) is 0 Å². The highest BCUT2D eigenvalue weighted by atomic mass is 35.5. The van der Waals surface area contributed by atoms with Crippen LogP contribution in [0.15, 0.2) is 17.0 Å². The Balaban J connectivity index is 2.67. The molecule has 0 aliphatic heterocycles. The minimum absolute atomic E-state index is 0.222. The number of aryl methyl sites for hydroxylation is 1. The van der Waals surface area contributed by atoms with Crippen LogP contribution in [-0.2, 0) is 9.53 Å². The molecule has 0 amide bonds. The van der Waals surface area contributed by atoms with Gasteiger partial charge in [-0.2, -0.15) is 0 Å². The molecule has 88 valence electrons. The minimum atomic E-state index is -0.222. The van der Waals surface area contributed by atoms with Crippen molar-refractivity contribution in [3.8, 4) is 0 Å². The zero-order valence-corrected chi connectivity index (χ0v) is 10.8. The Morgan fingerprint density at radius 3 is 2.88 bits per heavy atom. The van der Waals surface area contributed by atoms with Crippen LogP contribution in [-0.4, -0.2) is 18.3 Å². The lowest BCUT2D eigenvalue weighted by Crippen LogP contribution is -2.06. The zero-order valence-electron chi connectivity index (χ0n) is 9.25. The second-order valence-corrected chi connectivity index (χ2v) is 4.66. The highest BCUT2D eigenvalue weighted by molar-refractivity contribution is 8.00. The van der Waals surface area contributed by atoms with E-state index in [1.165, 1.54) is 11.8 Å². The highest BCUT2D eigenvalue weighted by Gasteiger charge is 2.07. The number of esters is 1. The van der Waals surface area contributed by atoms with Gasteiger partial charge in [-0.05, 0) is 31.5 Å². The van der Waals surface area contributed by atoms with Crippen LogP contribution in [0.4, 0.5) is 5.69 Å². The standard InChI is InChI=1S/C11H14ClNO2S/c1-3-15-11(14)6-16-10-5-8(12)9(13)4-7(10)2/h4-5H,3,6,13H2,1-2H3. The average Bonchev–Trinajstić information content (AvgIpc) is 2.22. The predicted octanol–water partition coefficient (Wildman–Crippen LogP) is 2.89. The summed E-state index contributed by atoms with van der Waals surface area (Å²) in [5.41, 5.74) is 7.23. The molecule has 5 heteroatoms. The maximum absolute atomic E-state index is 11.2. The Kier molecular flexibility index (Phi) is 4.96. The first-order chi connectivity index (χ1) is 7.54. The third kappa shape index (κ3) is 3.61. The molecule has 0 unspecified atom stereocenters. The summed E-state index contributed by atoms with van der Waals surface area (Å²) in [6, 6.07) is 3.58. The summed E-state index contributed by atoms with van der Waals surface area (Å²) in [5, 5.41) is 0.511. The summed E-state index contributed by atoms with van der Waals surface area (Å²) < 4.78 is 4.84. The number of hydrogen-bond donors (Lipinski definition) is 1.